The van der Waals surface area contributed by atoms with Crippen LogP contribution in [0.1, 0.15) is 25.3 Å². The SMILES string of the molecule is CCCCN(CCOCC(=O)O)c1ccc(N=Nc2c(Br)cc([N+](=O)[O-])cc2[N+](=O)[O-])c(C)c1. The van der Waals surface area contributed by atoms with E-state index in [0.717, 1.165) is 42.8 Å². The van der Waals surface area contributed by atoms with E-state index in [1.807, 2.05) is 19.1 Å². The summed E-state index contributed by atoms with van der Waals surface area (Å²) < 4.78 is 5.24. The molecule has 0 spiro atoms. The van der Waals surface area contributed by atoms with Gasteiger partial charge in [-0.05, 0) is 53.0 Å². The topological polar surface area (TPSA) is 161 Å². The molecule has 2 rings (SSSR count). The summed E-state index contributed by atoms with van der Waals surface area (Å²) in [6.45, 7) is 5.06. The van der Waals surface area contributed by atoms with E-state index in [-0.39, 0.29) is 23.4 Å². The lowest BCUT2D eigenvalue weighted by Crippen LogP contribution is -2.29. The molecule has 0 unspecified atom stereocenters. The molecule has 0 amide bonds. The predicted molar refractivity (Wildman–Crippen MR) is 128 cm³/mol. The van der Waals surface area contributed by atoms with Crippen LogP contribution in [-0.4, -0.2) is 47.2 Å². The number of anilines is 1. The van der Waals surface area contributed by atoms with Crippen molar-refractivity contribution in [2.24, 2.45) is 10.2 Å². The third-order valence-corrected chi connectivity index (χ3v) is 5.36. The monoisotopic (exact) mass is 537 g/mol. The van der Waals surface area contributed by atoms with Crippen LogP contribution in [0.5, 0.6) is 0 Å². The van der Waals surface area contributed by atoms with E-state index in [0.29, 0.717) is 12.2 Å². The number of nitrogens with zero attached hydrogens (tertiary/aromatic N) is 5. The molecule has 0 aliphatic carbocycles. The van der Waals surface area contributed by atoms with Crippen LogP contribution in [0.25, 0.3) is 0 Å². The summed E-state index contributed by atoms with van der Waals surface area (Å²) >= 11 is 3.10. The van der Waals surface area contributed by atoms with E-state index in [9.17, 15) is 25.0 Å². The van der Waals surface area contributed by atoms with Gasteiger partial charge in [0.15, 0.2) is 5.69 Å². The van der Waals surface area contributed by atoms with Gasteiger partial charge in [-0.15, -0.1) is 10.2 Å². The summed E-state index contributed by atoms with van der Waals surface area (Å²) in [5.74, 6) is -1.02. The zero-order chi connectivity index (χ0) is 25.3. The van der Waals surface area contributed by atoms with Crippen LogP contribution in [-0.2, 0) is 9.53 Å². The van der Waals surface area contributed by atoms with Crippen LogP contribution in [0.4, 0.5) is 28.4 Å². The van der Waals surface area contributed by atoms with Crippen molar-refractivity contribution in [1.29, 1.82) is 0 Å². The number of hydrogen-bond acceptors (Lipinski definition) is 9. The molecular weight excluding hydrogens is 514 g/mol. The number of rotatable bonds is 13. The first-order chi connectivity index (χ1) is 16.1. The van der Waals surface area contributed by atoms with Gasteiger partial charge < -0.3 is 14.7 Å². The summed E-state index contributed by atoms with van der Waals surface area (Å²) in [6.07, 6.45) is 1.93. The summed E-state index contributed by atoms with van der Waals surface area (Å²) in [5, 5.41) is 39.2. The fraction of sp³-hybridized carbons (Fsp3) is 0.381. The maximum atomic E-state index is 11.4. The minimum absolute atomic E-state index is 0.0820. The molecule has 0 aromatic heterocycles. The van der Waals surface area contributed by atoms with Gasteiger partial charge in [-0.2, -0.15) is 0 Å². The lowest BCUT2D eigenvalue weighted by atomic mass is 10.1. The predicted octanol–water partition coefficient (Wildman–Crippen LogP) is 5.70. The Morgan fingerprint density at radius 1 is 1.15 bits per heavy atom. The Morgan fingerprint density at radius 3 is 2.47 bits per heavy atom. The number of aryl methyl sites for hydroxylation is 1. The van der Waals surface area contributed by atoms with E-state index in [2.05, 4.69) is 38.0 Å². The Balaban J connectivity index is 2.27. The van der Waals surface area contributed by atoms with Gasteiger partial charge in [0.05, 0.1) is 32.7 Å². The molecule has 0 bridgehead atoms. The molecule has 0 aliphatic heterocycles. The quantitative estimate of drug-likeness (QED) is 0.147. The highest BCUT2D eigenvalue weighted by atomic mass is 79.9. The van der Waals surface area contributed by atoms with E-state index >= 15 is 0 Å². The van der Waals surface area contributed by atoms with Gasteiger partial charge in [-0.3, -0.25) is 20.2 Å². The smallest absolute Gasteiger partial charge is 0.329 e. The van der Waals surface area contributed by atoms with Crippen molar-refractivity contribution in [3.05, 3.63) is 60.6 Å². The number of benzene rings is 2. The first-order valence-corrected chi connectivity index (χ1v) is 11.1. The number of non-ortho nitro benzene ring substituents is 1. The number of hydrogen-bond donors (Lipinski definition) is 1. The van der Waals surface area contributed by atoms with Crippen molar-refractivity contribution in [2.45, 2.75) is 26.7 Å². The molecule has 34 heavy (non-hydrogen) atoms. The zero-order valence-electron chi connectivity index (χ0n) is 18.6. The molecule has 0 radical (unpaired) electrons. The summed E-state index contributed by atoms with van der Waals surface area (Å²) in [5.41, 5.74) is 1.03. The van der Waals surface area contributed by atoms with Crippen LogP contribution in [0.2, 0.25) is 0 Å². The van der Waals surface area contributed by atoms with Crippen molar-refractivity contribution in [3.63, 3.8) is 0 Å². The normalized spacial score (nSPS) is 11.0. The molecule has 2 aromatic carbocycles. The number of unbranched alkanes of at least 4 members (excludes halogenated alkanes) is 1. The maximum Gasteiger partial charge on any atom is 0.329 e. The van der Waals surface area contributed by atoms with Crippen molar-refractivity contribution in [2.75, 3.05) is 31.2 Å². The summed E-state index contributed by atoms with van der Waals surface area (Å²) in [4.78, 5) is 33.6. The fourth-order valence-corrected chi connectivity index (χ4v) is 3.54. The van der Waals surface area contributed by atoms with Crippen molar-refractivity contribution in [1.82, 2.24) is 0 Å². The number of nitro groups is 2. The fourth-order valence-electron chi connectivity index (χ4n) is 3.02. The third-order valence-electron chi connectivity index (χ3n) is 4.75. The van der Waals surface area contributed by atoms with Gasteiger partial charge in [0, 0.05) is 24.8 Å². The highest BCUT2D eigenvalue weighted by Gasteiger charge is 2.23. The molecular formula is C21H24BrN5O7. The van der Waals surface area contributed by atoms with Gasteiger partial charge in [0.25, 0.3) is 5.69 Å². The molecule has 0 aliphatic rings. The molecule has 0 atom stereocenters. The minimum Gasteiger partial charge on any atom is -0.480 e. The second-order valence-corrected chi connectivity index (χ2v) is 8.12. The van der Waals surface area contributed by atoms with Crippen molar-refractivity contribution >= 4 is 50.3 Å². The van der Waals surface area contributed by atoms with Crippen LogP contribution < -0.4 is 4.90 Å². The summed E-state index contributed by atoms with van der Waals surface area (Å²) in [6, 6.07) is 7.41. The average molecular weight is 538 g/mol. The molecule has 1 N–H and O–H groups in total. The Bertz CT molecular complexity index is 1090. The van der Waals surface area contributed by atoms with E-state index < -0.39 is 27.2 Å². The number of carbonyl (C=O) groups is 1. The molecule has 13 heteroatoms. The van der Waals surface area contributed by atoms with Gasteiger partial charge in [0.2, 0.25) is 0 Å². The highest BCUT2D eigenvalue weighted by Crippen LogP contribution is 2.40. The molecule has 12 nitrogen and oxygen atoms in total. The van der Waals surface area contributed by atoms with Crippen molar-refractivity contribution in [3.8, 4) is 0 Å². The Morgan fingerprint density at radius 2 is 1.88 bits per heavy atom. The second-order valence-electron chi connectivity index (χ2n) is 7.27. The standard InChI is InChI=1S/C21H24BrN5O7/c1-3-4-7-25(8-9-34-13-20(28)29)15-5-6-18(14(2)10-15)23-24-21-17(22)11-16(26(30)31)12-19(21)27(32)33/h5-6,10-12H,3-4,7-9,13H2,1-2H3,(H,28,29). The Labute approximate surface area is 203 Å². The third kappa shape index (κ3) is 7.56. The maximum absolute atomic E-state index is 11.4. The Kier molecular flexibility index (Phi) is 10.0. The number of halogens is 1. The number of carboxylic acids is 1. The van der Waals surface area contributed by atoms with Gasteiger partial charge >= 0.3 is 11.7 Å². The molecule has 0 fully saturated rings. The number of azo groups is 1. The average Bonchev–Trinajstić information content (AvgIpc) is 2.77. The van der Waals surface area contributed by atoms with E-state index in [1.165, 1.54) is 0 Å². The van der Waals surface area contributed by atoms with Gasteiger partial charge in [0.1, 0.15) is 6.61 Å². The zero-order valence-corrected chi connectivity index (χ0v) is 20.2. The molecule has 0 saturated carbocycles. The van der Waals surface area contributed by atoms with Crippen LogP contribution in [0.3, 0.4) is 0 Å². The first-order valence-electron chi connectivity index (χ1n) is 10.3. The van der Waals surface area contributed by atoms with Crippen LogP contribution >= 0.6 is 15.9 Å². The molecule has 2 aromatic rings. The highest BCUT2D eigenvalue weighted by molar-refractivity contribution is 9.10. The minimum atomic E-state index is -1.02. The first kappa shape index (κ1) is 26.8. The Hall–Kier alpha value is -3.45. The van der Waals surface area contributed by atoms with Gasteiger partial charge in [-0.1, -0.05) is 13.3 Å². The number of nitro benzene ring substituents is 2. The largest absolute Gasteiger partial charge is 0.480 e. The molecule has 182 valence electrons. The summed E-state index contributed by atoms with van der Waals surface area (Å²) in [7, 11) is 0. The van der Waals surface area contributed by atoms with E-state index in [1.54, 1.807) is 6.07 Å². The van der Waals surface area contributed by atoms with Gasteiger partial charge in [-0.25, -0.2) is 4.79 Å². The lowest BCUT2D eigenvalue weighted by Gasteiger charge is -2.25. The molecule has 0 heterocycles. The number of aliphatic carboxylic acids is 1. The number of carboxylic acid groups (broad SMARTS) is 1. The van der Waals surface area contributed by atoms with Crippen LogP contribution in [0.15, 0.2) is 45.0 Å². The lowest BCUT2D eigenvalue weighted by molar-refractivity contribution is -0.393. The molecule has 0 saturated heterocycles. The van der Waals surface area contributed by atoms with Crippen molar-refractivity contribution < 1.29 is 24.5 Å². The number of ether oxygens (including phenoxy) is 1. The van der Waals surface area contributed by atoms with E-state index in [4.69, 9.17) is 9.84 Å². The second kappa shape index (κ2) is 12.7. The van der Waals surface area contributed by atoms with Crippen LogP contribution in [0, 0.1) is 27.2 Å².